The fourth-order valence-electron chi connectivity index (χ4n) is 3.76. The highest BCUT2D eigenvalue weighted by molar-refractivity contribution is 5.77. The van der Waals surface area contributed by atoms with Crippen molar-refractivity contribution in [2.75, 3.05) is 0 Å². The van der Waals surface area contributed by atoms with Gasteiger partial charge in [0.2, 0.25) is 0 Å². The summed E-state index contributed by atoms with van der Waals surface area (Å²) >= 11 is 0. The van der Waals surface area contributed by atoms with E-state index in [9.17, 15) is 0 Å². The second kappa shape index (κ2) is 5.51. The molecule has 0 radical (unpaired) electrons. The van der Waals surface area contributed by atoms with Crippen LogP contribution < -0.4 is 0 Å². The highest BCUT2D eigenvalue weighted by atomic mass is 14.3. The molecule has 0 amide bonds. The monoisotopic (exact) mass is 306 g/mol. The molecule has 0 fully saturated rings. The van der Waals surface area contributed by atoms with Crippen LogP contribution in [0.3, 0.4) is 0 Å². The zero-order chi connectivity index (χ0) is 16.8. The van der Waals surface area contributed by atoms with E-state index in [0.717, 1.165) is 19.3 Å². The summed E-state index contributed by atoms with van der Waals surface area (Å²) in [5, 5.41) is 0. The van der Waals surface area contributed by atoms with Crippen LogP contribution in [0.4, 0.5) is 0 Å². The molecule has 0 nitrogen and oxygen atoms in total. The fourth-order valence-corrected chi connectivity index (χ4v) is 3.76. The second-order valence-electron chi connectivity index (χ2n) is 9.63. The molecule has 0 N–H and O–H groups in total. The Morgan fingerprint density at radius 2 is 1.04 bits per heavy atom. The van der Waals surface area contributed by atoms with Gasteiger partial charge in [-0.3, -0.25) is 0 Å². The van der Waals surface area contributed by atoms with E-state index < -0.39 is 0 Å². The average Bonchev–Trinajstić information content (AvgIpc) is 2.71. The molecular formula is C23H30. The molecule has 0 saturated carbocycles. The number of hydrogen-bond donors (Lipinski definition) is 0. The first-order chi connectivity index (χ1) is 10.6. The van der Waals surface area contributed by atoms with Gasteiger partial charge in [-0.25, -0.2) is 0 Å². The van der Waals surface area contributed by atoms with E-state index in [0.29, 0.717) is 10.8 Å². The molecule has 0 bridgehead atoms. The molecule has 1 aliphatic rings. The molecule has 3 rings (SSSR count). The third-order valence-corrected chi connectivity index (χ3v) is 4.48. The lowest BCUT2D eigenvalue weighted by Gasteiger charge is -2.18. The van der Waals surface area contributed by atoms with Crippen molar-refractivity contribution in [1.29, 1.82) is 0 Å². The Morgan fingerprint density at radius 1 is 0.652 bits per heavy atom. The molecule has 1 aliphatic carbocycles. The average molecular weight is 306 g/mol. The lowest BCUT2D eigenvalue weighted by Crippen LogP contribution is -2.09. The summed E-state index contributed by atoms with van der Waals surface area (Å²) < 4.78 is 0. The second-order valence-corrected chi connectivity index (χ2v) is 9.63. The van der Waals surface area contributed by atoms with Crippen molar-refractivity contribution in [3.05, 3.63) is 58.7 Å². The van der Waals surface area contributed by atoms with Gasteiger partial charge in [0.1, 0.15) is 0 Å². The predicted molar refractivity (Wildman–Crippen MR) is 101 cm³/mol. The molecule has 0 saturated heterocycles. The van der Waals surface area contributed by atoms with E-state index >= 15 is 0 Å². The highest BCUT2D eigenvalue weighted by Gasteiger charge is 2.21. The van der Waals surface area contributed by atoms with Crippen LogP contribution in [0.2, 0.25) is 0 Å². The Bertz CT molecular complexity index is 657. The van der Waals surface area contributed by atoms with Crippen LogP contribution >= 0.6 is 0 Å². The summed E-state index contributed by atoms with van der Waals surface area (Å²) in [7, 11) is 0. The van der Waals surface area contributed by atoms with E-state index in [-0.39, 0.29) is 0 Å². The number of benzene rings is 2. The Balaban J connectivity index is 1.88. The molecule has 0 atom stereocenters. The van der Waals surface area contributed by atoms with Crippen LogP contribution in [0.25, 0.3) is 11.1 Å². The zero-order valence-corrected chi connectivity index (χ0v) is 15.6. The third kappa shape index (κ3) is 3.86. The number of fused-ring (bicyclic) bond motifs is 3. The maximum Gasteiger partial charge on any atom is -0.00133 e. The van der Waals surface area contributed by atoms with Crippen LogP contribution in [0, 0.1) is 10.8 Å². The van der Waals surface area contributed by atoms with Crippen molar-refractivity contribution < 1.29 is 0 Å². The summed E-state index contributed by atoms with van der Waals surface area (Å²) in [6.45, 7) is 13.9. The van der Waals surface area contributed by atoms with Crippen molar-refractivity contribution in [2.24, 2.45) is 10.8 Å². The molecular weight excluding hydrogens is 276 g/mol. The van der Waals surface area contributed by atoms with E-state index in [1.54, 1.807) is 0 Å². The van der Waals surface area contributed by atoms with Crippen LogP contribution in [-0.2, 0) is 19.3 Å². The molecule has 2 aromatic rings. The largest absolute Gasteiger partial charge is 0.0599 e. The summed E-state index contributed by atoms with van der Waals surface area (Å²) in [5.41, 5.74) is 9.54. The Hall–Kier alpha value is -1.56. The Kier molecular flexibility index (Phi) is 3.91. The maximum absolute atomic E-state index is 2.43. The van der Waals surface area contributed by atoms with Crippen molar-refractivity contribution in [3.63, 3.8) is 0 Å². The normalized spacial score (nSPS) is 13.8. The molecule has 0 heteroatoms. The van der Waals surface area contributed by atoms with Crippen LogP contribution in [0.15, 0.2) is 36.4 Å². The Morgan fingerprint density at radius 3 is 1.39 bits per heavy atom. The highest BCUT2D eigenvalue weighted by Crippen LogP contribution is 2.38. The molecule has 0 aromatic heterocycles. The van der Waals surface area contributed by atoms with Crippen molar-refractivity contribution in [3.8, 4) is 11.1 Å². The van der Waals surface area contributed by atoms with Crippen molar-refractivity contribution in [1.82, 2.24) is 0 Å². The predicted octanol–water partition coefficient (Wildman–Crippen LogP) is 6.44. The lowest BCUT2D eigenvalue weighted by atomic mass is 9.87. The summed E-state index contributed by atoms with van der Waals surface area (Å²) in [4.78, 5) is 0. The van der Waals surface area contributed by atoms with Gasteiger partial charge in [0, 0.05) is 0 Å². The quantitative estimate of drug-likeness (QED) is 0.511. The van der Waals surface area contributed by atoms with Crippen LogP contribution in [0.1, 0.15) is 63.8 Å². The molecule has 122 valence electrons. The first kappa shape index (κ1) is 16.3. The topological polar surface area (TPSA) is 0 Å². The number of rotatable bonds is 2. The van der Waals surface area contributed by atoms with Crippen LogP contribution in [0.5, 0.6) is 0 Å². The smallest absolute Gasteiger partial charge is 0.00133 e. The minimum Gasteiger partial charge on any atom is -0.0599 e. The first-order valence-corrected chi connectivity index (χ1v) is 8.85. The SMILES string of the molecule is CC(C)(C)Cc1ccc2c(c1)Cc1cc(CC(C)(C)C)ccc1-2. The van der Waals surface area contributed by atoms with Crippen molar-refractivity contribution in [2.45, 2.75) is 60.8 Å². The van der Waals surface area contributed by atoms with Gasteiger partial charge in [0.25, 0.3) is 0 Å². The standard InChI is InChI=1S/C23H30/c1-22(2,3)14-16-7-9-20-18(11-16)13-19-12-17(8-10-21(19)20)15-23(4,5)6/h7-12H,13-15H2,1-6H3. The van der Waals surface area contributed by atoms with E-state index in [4.69, 9.17) is 0 Å². The summed E-state index contributed by atoms with van der Waals surface area (Å²) in [6.07, 6.45) is 3.39. The fraction of sp³-hybridized carbons (Fsp3) is 0.478. The molecule has 0 spiro atoms. The molecule has 23 heavy (non-hydrogen) atoms. The van der Waals surface area contributed by atoms with Gasteiger partial charge in [-0.1, -0.05) is 77.9 Å². The van der Waals surface area contributed by atoms with Gasteiger partial charge in [-0.05, 0) is 63.5 Å². The van der Waals surface area contributed by atoms with Gasteiger partial charge in [0.15, 0.2) is 0 Å². The van der Waals surface area contributed by atoms with Gasteiger partial charge >= 0.3 is 0 Å². The Labute approximate surface area is 141 Å². The zero-order valence-electron chi connectivity index (χ0n) is 15.6. The summed E-state index contributed by atoms with van der Waals surface area (Å²) in [6, 6.07) is 14.2. The molecule has 2 aromatic carbocycles. The van der Waals surface area contributed by atoms with E-state index in [2.05, 4.69) is 77.9 Å². The third-order valence-electron chi connectivity index (χ3n) is 4.48. The van der Waals surface area contributed by atoms with E-state index in [1.807, 2.05) is 0 Å². The first-order valence-electron chi connectivity index (χ1n) is 8.85. The lowest BCUT2D eigenvalue weighted by molar-refractivity contribution is 0.411. The number of hydrogen-bond acceptors (Lipinski definition) is 0. The maximum atomic E-state index is 2.43. The minimum atomic E-state index is 0.347. The van der Waals surface area contributed by atoms with Crippen LogP contribution in [-0.4, -0.2) is 0 Å². The van der Waals surface area contributed by atoms with Gasteiger partial charge in [0.05, 0.1) is 0 Å². The van der Waals surface area contributed by atoms with E-state index in [1.165, 1.54) is 33.4 Å². The van der Waals surface area contributed by atoms with Gasteiger partial charge < -0.3 is 0 Å². The van der Waals surface area contributed by atoms with Gasteiger partial charge in [-0.2, -0.15) is 0 Å². The summed E-state index contributed by atoms with van der Waals surface area (Å²) in [5.74, 6) is 0. The molecule has 0 aliphatic heterocycles. The minimum absolute atomic E-state index is 0.347. The molecule has 0 heterocycles. The van der Waals surface area contributed by atoms with Crippen molar-refractivity contribution >= 4 is 0 Å². The van der Waals surface area contributed by atoms with Gasteiger partial charge in [-0.15, -0.1) is 0 Å². The molecule has 0 unspecified atom stereocenters.